The Hall–Kier alpha value is -2.95. The van der Waals surface area contributed by atoms with Crippen molar-refractivity contribution in [3.63, 3.8) is 0 Å². The van der Waals surface area contributed by atoms with E-state index in [4.69, 9.17) is 4.74 Å². The Balaban J connectivity index is 1.50. The molecule has 27 heavy (non-hydrogen) atoms. The average Bonchev–Trinajstić information content (AvgIpc) is 3.01. The number of fused-ring (bicyclic) bond motifs is 1. The molecule has 3 unspecified atom stereocenters. The number of hydrogen-bond donors (Lipinski definition) is 0. The molecule has 2 aliphatic carbocycles. The number of carbonyl (C=O) groups is 2. The molecule has 1 aromatic rings. The molecule has 1 aliphatic heterocycles. The lowest BCUT2D eigenvalue weighted by Crippen LogP contribution is -2.51. The van der Waals surface area contributed by atoms with Crippen molar-refractivity contribution < 1.29 is 18.7 Å². The summed E-state index contributed by atoms with van der Waals surface area (Å²) in [5, 5.41) is 0. The summed E-state index contributed by atoms with van der Waals surface area (Å²) in [6.45, 7) is 3.85. The van der Waals surface area contributed by atoms with Crippen LogP contribution in [0.25, 0.3) is 12.2 Å². The van der Waals surface area contributed by atoms with E-state index in [0.29, 0.717) is 23.0 Å². The number of hydrogen-bond acceptors (Lipinski definition) is 3. The first-order chi connectivity index (χ1) is 13.1. The molecule has 1 saturated heterocycles. The van der Waals surface area contributed by atoms with Gasteiger partial charge in [-0.05, 0) is 59.6 Å². The Morgan fingerprint density at radius 2 is 2.00 bits per heavy atom. The predicted octanol–water partition coefficient (Wildman–Crippen LogP) is 4.21. The highest BCUT2D eigenvalue weighted by molar-refractivity contribution is 6.02. The third kappa shape index (κ3) is 3.25. The largest absolute Gasteiger partial charge is 0.447 e. The molecule has 138 valence electrons. The van der Waals surface area contributed by atoms with Gasteiger partial charge < -0.3 is 4.74 Å². The fraction of sp³-hybridized carbons (Fsp3) is 0.273. The van der Waals surface area contributed by atoms with Crippen LogP contribution in [0.2, 0.25) is 0 Å². The number of imide groups is 1. The van der Waals surface area contributed by atoms with Crippen LogP contribution in [0.15, 0.2) is 55.2 Å². The minimum absolute atomic E-state index is 0.210. The van der Waals surface area contributed by atoms with Gasteiger partial charge in [0.25, 0.3) is 5.91 Å². The number of halogens is 1. The molecule has 1 heterocycles. The molecule has 0 spiro atoms. The molecule has 1 saturated carbocycles. The molecule has 4 rings (SSSR count). The van der Waals surface area contributed by atoms with Crippen LogP contribution < -0.4 is 0 Å². The first-order valence-electron chi connectivity index (χ1n) is 9.03. The summed E-state index contributed by atoms with van der Waals surface area (Å²) < 4.78 is 18.8. The second-order valence-corrected chi connectivity index (χ2v) is 7.12. The van der Waals surface area contributed by atoms with Gasteiger partial charge in [0.05, 0.1) is 6.04 Å². The minimum Gasteiger partial charge on any atom is -0.447 e. The Kier molecular flexibility index (Phi) is 4.52. The predicted molar refractivity (Wildman–Crippen MR) is 101 cm³/mol. The Bertz CT molecular complexity index is 886. The Labute approximate surface area is 157 Å². The van der Waals surface area contributed by atoms with E-state index in [0.717, 1.165) is 6.42 Å². The van der Waals surface area contributed by atoms with Crippen molar-refractivity contribution in [3.8, 4) is 0 Å². The fourth-order valence-electron chi connectivity index (χ4n) is 4.16. The lowest BCUT2D eigenvalue weighted by atomic mass is 9.60. The Morgan fingerprint density at radius 3 is 2.78 bits per heavy atom. The molecule has 4 nitrogen and oxygen atoms in total. The van der Waals surface area contributed by atoms with Gasteiger partial charge in [-0.15, -0.1) is 0 Å². The minimum atomic E-state index is -0.612. The smallest absolute Gasteiger partial charge is 0.417 e. The lowest BCUT2D eigenvalue weighted by molar-refractivity contribution is -0.125. The van der Waals surface area contributed by atoms with Gasteiger partial charge in [0, 0.05) is 6.08 Å². The van der Waals surface area contributed by atoms with E-state index in [1.807, 2.05) is 12.2 Å². The number of benzene rings is 1. The van der Waals surface area contributed by atoms with Gasteiger partial charge in [0.15, 0.2) is 0 Å². The highest BCUT2D eigenvalue weighted by Gasteiger charge is 2.50. The van der Waals surface area contributed by atoms with E-state index in [9.17, 15) is 14.0 Å². The number of nitrogens with zero attached hydrogens (tertiary/aromatic N) is 1. The number of rotatable bonds is 4. The average molecular weight is 365 g/mol. The second-order valence-electron chi connectivity index (χ2n) is 7.12. The molecule has 1 aromatic carbocycles. The summed E-state index contributed by atoms with van der Waals surface area (Å²) in [5.74, 6) is 0.183. The number of allylic oxidation sites excluding steroid dienone is 4. The van der Waals surface area contributed by atoms with Crippen LogP contribution in [-0.4, -0.2) is 29.5 Å². The quantitative estimate of drug-likeness (QED) is 0.751. The molecule has 4 atom stereocenters. The summed E-state index contributed by atoms with van der Waals surface area (Å²) in [6.07, 6.45) is 13.0. The molecule has 0 radical (unpaired) electrons. The Morgan fingerprint density at radius 1 is 1.22 bits per heavy atom. The molecule has 2 fully saturated rings. The van der Waals surface area contributed by atoms with Crippen LogP contribution in [0.1, 0.15) is 17.5 Å². The van der Waals surface area contributed by atoms with Gasteiger partial charge >= 0.3 is 6.09 Å². The number of carbonyl (C=O) groups excluding carboxylic acids is 2. The molecule has 2 amide bonds. The highest BCUT2D eigenvalue weighted by Crippen LogP contribution is 2.48. The van der Waals surface area contributed by atoms with Gasteiger partial charge in [-0.25, -0.2) is 14.1 Å². The van der Waals surface area contributed by atoms with Crippen LogP contribution in [0.5, 0.6) is 0 Å². The van der Waals surface area contributed by atoms with Crippen molar-refractivity contribution >= 4 is 24.2 Å². The molecule has 0 N–H and O–H groups in total. The van der Waals surface area contributed by atoms with E-state index in [2.05, 4.69) is 18.7 Å². The van der Waals surface area contributed by atoms with Crippen LogP contribution in [0, 0.1) is 23.6 Å². The van der Waals surface area contributed by atoms with Crippen LogP contribution >= 0.6 is 0 Å². The third-order valence-electron chi connectivity index (χ3n) is 5.57. The van der Waals surface area contributed by atoms with E-state index < -0.39 is 17.8 Å². The van der Waals surface area contributed by atoms with Gasteiger partial charge in [-0.1, -0.05) is 37.0 Å². The zero-order valence-electron chi connectivity index (χ0n) is 14.8. The maximum atomic E-state index is 13.6. The van der Waals surface area contributed by atoms with Crippen molar-refractivity contribution in [1.29, 1.82) is 0 Å². The summed E-state index contributed by atoms with van der Waals surface area (Å²) in [4.78, 5) is 26.0. The fourth-order valence-corrected chi connectivity index (χ4v) is 4.16. The maximum Gasteiger partial charge on any atom is 0.417 e. The monoisotopic (exact) mass is 365 g/mol. The molecule has 0 aromatic heterocycles. The highest BCUT2D eigenvalue weighted by atomic mass is 19.1. The van der Waals surface area contributed by atoms with Crippen molar-refractivity contribution in [2.75, 3.05) is 6.61 Å². The van der Waals surface area contributed by atoms with E-state index >= 15 is 0 Å². The number of amides is 2. The molecular weight excluding hydrogens is 345 g/mol. The second kappa shape index (κ2) is 6.99. The first kappa shape index (κ1) is 17.5. The number of ether oxygens (including phenoxy) is 1. The topological polar surface area (TPSA) is 46.6 Å². The zero-order chi connectivity index (χ0) is 19.0. The lowest BCUT2D eigenvalue weighted by Gasteiger charge is -2.46. The normalized spacial score (nSPS) is 28.8. The first-order valence-corrected chi connectivity index (χ1v) is 9.03. The summed E-state index contributed by atoms with van der Waals surface area (Å²) >= 11 is 0. The van der Waals surface area contributed by atoms with E-state index in [-0.39, 0.29) is 18.6 Å². The van der Waals surface area contributed by atoms with Crippen molar-refractivity contribution in [1.82, 2.24) is 4.90 Å². The maximum absolute atomic E-state index is 13.6. The zero-order valence-corrected chi connectivity index (χ0v) is 14.8. The van der Waals surface area contributed by atoms with E-state index in [1.165, 1.54) is 35.3 Å². The van der Waals surface area contributed by atoms with Gasteiger partial charge in [0.2, 0.25) is 0 Å². The van der Waals surface area contributed by atoms with Crippen LogP contribution in [-0.2, 0) is 9.53 Å². The molecular formula is C22H20FNO3. The summed E-state index contributed by atoms with van der Waals surface area (Å²) in [7, 11) is 0. The summed E-state index contributed by atoms with van der Waals surface area (Å²) in [5.41, 5.74) is 1.16. The van der Waals surface area contributed by atoms with E-state index in [1.54, 1.807) is 6.07 Å². The van der Waals surface area contributed by atoms with Gasteiger partial charge in [-0.2, -0.15) is 0 Å². The van der Waals surface area contributed by atoms with Gasteiger partial charge in [0.1, 0.15) is 12.4 Å². The van der Waals surface area contributed by atoms with Crippen molar-refractivity contribution in [2.24, 2.45) is 17.8 Å². The van der Waals surface area contributed by atoms with Crippen molar-refractivity contribution in [3.05, 3.63) is 72.1 Å². The molecule has 0 bridgehead atoms. The van der Waals surface area contributed by atoms with Gasteiger partial charge in [-0.3, -0.25) is 4.79 Å². The van der Waals surface area contributed by atoms with Crippen LogP contribution in [0.3, 0.4) is 0 Å². The standard InChI is InChI=1S/C22H20FNO3/c1-2-14-9-15(11-17(23)10-14)7-8-21(25)24-20(13-27-22(24)26)19-12-16-5-3-4-6-18(16)19/h2-11,16,18-20H,1,12-13H2/b8-7+/t16?,18?,19?,20-/m0/s1. The van der Waals surface area contributed by atoms with Crippen LogP contribution in [0.4, 0.5) is 9.18 Å². The number of cyclic esters (lactones) is 1. The third-order valence-corrected chi connectivity index (χ3v) is 5.57. The SMILES string of the molecule is C=Cc1cc(F)cc(/C=C/C(=O)N2C(=O)OC[C@H]2C2CC3C=CC=CC32)c1. The molecule has 3 aliphatic rings. The van der Waals surface area contributed by atoms with Crippen molar-refractivity contribution in [2.45, 2.75) is 12.5 Å². The summed E-state index contributed by atoms with van der Waals surface area (Å²) in [6, 6.07) is 4.14. The molecule has 5 heteroatoms.